The Labute approximate surface area is 184 Å². The lowest BCUT2D eigenvalue weighted by atomic mass is 10.3. The predicted octanol–water partition coefficient (Wildman–Crippen LogP) is 4.46. The van der Waals surface area contributed by atoms with E-state index in [-0.39, 0.29) is 17.3 Å². The molecule has 11 heteroatoms. The van der Waals surface area contributed by atoms with Crippen LogP contribution in [0.25, 0.3) is 11.0 Å². The molecule has 0 saturated carbocycles. The lowest BCUT2D eigenvalue weighted by Gasteiger charge is -2.00. The number of para-hydroxylation sites is 2. The van der Waals surface area contributed by atoms with E-state index in [1.165, 1.54) is 41.9 Å². The summed E-state index contributed by atoms with van der Waals surface area (Å²) in [4.78, 5) is 30.5. The summed E-state index contributed by atoms with van der Waals surface area (Å²) in [5.41, 5.74) is 4.27. The minimum absolute atomic E-state index is 0.00899. The van der Waals surface area contributed by atoms with Crippen molar-refractivity contribution in [3.05, 3.63) is 76.5 Å². The quantitative estimate of drug-likeness (QED) is 0.175. The number of nitro benzene ring substituents is 1. The molecule has 2 aromatic carbocycles. The van der Waals surface area contributed by atoms with Crippen LogP contribution in [0.15, 0.2) is 85.3 Å². The molecule has 0 fully saturated rings. The zero-order chi connectivity index (χ0) is 21.6. The summed E-state index contributed by atoms with van der Waals surface area (Å²) < 4.78 is 5.67. The monoisotopic (exact) mass is 453 g/mol. The number of carbonyl (C=O) groups is 1. The number of hydrazone groups is 1. The first kappa shape index (κ1) is 20.7. The molecule has 31 heavy (non-hydrogen) atoms. The maximum absolute atomic E-state index is 11.9. The maximum Gasteiger partial charge on any atom is 0.269 e. The Morgan fingerprint density at radius 2 is 2.00 bits per heavy atom. The minimum atomic E-state index is -0.467. The van der Waals surface area contributed by atoms with E-state index in [4.69, 9.17) is 4.42 Å². The van der Waals surface area contributed by atoms with Crippen molar-refractivity contribution < 1.29 is 14.1 Å². The molecule has 0 aliphatic rings. The van der Waals surface area contributed by atoms with Crippen LogP contribution >= 0.6 is 23.5 Å². The summed E-state index contributed by atoms with van der Waals surface area (Å²) in [6, 6.07) is 17.3. The molecule has 2 aromatic heterocycles. The number of nitro groups is 1. The first-order valence-electron chi connectivity index (χ1n) is 8.98. The molecule has 2 heterocycles. The second-order valence-electron chi connectivity index (χ2n) is 6.15. The van der Waals surface area contributed by atoms with Gasteiger partial charge in [-0.3, -0.25) is 14.9 Å². The van der Waals surface area contributed by atoms with E-state index in [1.54, 1.807) is 24.3 Å². The van der Waals surface area contributed by atoms with Crippen molar-refractivity contribution in [3.63, 3.8) is 0 Å². The molecule has 0 aliphatic heterocycles. The van der Waals surface area contributed by atoms with Gasteiger partial charge in [0, 0.05) is 17.0 Å². The number of non-ortho nitro benzene ring substituents is 1. The first-order chi connectivity index (χ1) is 15.1. The van der Waals surface area contributed by atoms with E-state index in [1.807, 2.05) is 24.3 Å². The van der Waals surface area contributed by atoms with E-state index in [0.29, 0.717) is 10.9 Å². The Hall–Kier alpha value is -3.57. The standard InChI is InChI=1S/C20H15N5O4S2/c26-18(12-30-15-8-5-13(6-9-15)25(27)28)24-21-11-14-7-10-19(29-14)31-20-22-16-3-1-2-4-17(16)23-20/h1-11H,12H2,(H,22,23)(H,24,26)/b21-11-. The number of aromatic amines is 1. The molecule has 0 spiro atoms. The van der Waals surface area contributed by atoms with Crippen molar-refractivity contribution in [2.24, 2.45) is 5.10 Å². The zero-order valence-electron chi connectivity index (χ0n) is 15.8. The van der Waals surface area contributed by atoms with Gasteiger partial charge >= 0.3 is 0 Å². The number of imidazole rings is 1. The predicted molar refractivity (Wildman–Crippen MR) is 118 cm³/mol. The molecule has 0 saturated heterocycles. The van der Waals surface area contributed by atoms with Crippen LogP contribution in [0.2, 0.25) is 0 Å². The highest BCUT2D eigenvalue weighted by molar-refractivity contribution is 8.00. The Balaban J connectivity index is 1.25. The van der Waals surface area contributed by atoms with Crippen molar-refractivity contribution in [2.45, 2.75) is 15.1 Å². The molecule has 0 aliphatic carbocycles. The number of fused-ring (bicyclic) bond motifs is 1. The fourth-order valence-corrected chi connectivity index (χ4v) is 4.01. The van der Waals surface area contributed by atoms with Crippen LogP contribution in [-0.2, 0) is 4.79 Å². The highest BCUT2D eigenvalue weighted by atomic mass is 32.2. The molecule has 1 amide bonds. The summed E-state index contributed by atoms with van der Waals surface area (Å²) in [5.74, 6) is 0.311. The van der Waals surface area contributed by atoms with Gasteiger partial charge in [0.15, 0.2) is 10.2 Å². The van der Waals surface area contributed by atoms with E-state index in [9.17, 15) is 14.9 Å². The van der Waals surface area contributed by atoms with E-state index in [0.717, 1.165) is 21.1 Å². The van der Waals surface area contributed by atoms with E-state index < -0.39 is 4.92 Å². The first-order valence-corrected chi connectivity index (χ1v) is 10.8. The molecule has 0 bridgehead atoms. The highest BCUT2D eigenvalue weighted by Crippen LogP contribution is 2.28. The van der Waals surface area contributed by atoms with Gasteiger partial charge in [0.25, 0.3) is 5.69 Å². The molecular formula is C20H15N5O4S2. The summed E-state index contributed by atoms with van der Waals surface area (Å²) >= 11 is 2.61. The van der Waals surface area contributed by atoms with Crippen LogP contribution in [0.5, 0.6) is 0 Å². The average Bonchev–Trinajstić information content (AvgIpc) is 3.39. The Morgan fingerprint density at radius 3 is 2.77 bits per heavy atom. The molecule has 0 radical (unpaired) electrons. The minimum Gasteiger partial charge on any atom is -0.448 e. The average molecular weight is 454 g/mol. The summed E-state index contributed by atoms with van der Waals surface area (Å²) in [7, 11) is 0. The van der Waals surface area contributed by atoms with Crippen LogP contribution in [0.3, 0.4) is 0 Å². The number of hydrogen-bond donors (Lipinski definition) is 2. The zero-order valence-corrected chi connectivity index (χ0v) is 17.5. The number of nitrogens with zero attached hydrogens (tertiary/aromatic N) is 3. The number of amides is 1. The lowest BCUT2D eigenvalue weighted by molar-refractivity contribution is -0.384. The van der Waals surface area contributed by atoms with Crippen LogP contribution < -0.4 is 5.43 Å². The molecular weight excluding hydrogens is 438 g/mol. The van der Waals surface area contributed by atoms with Crippen molar-refractivity contribution in [1.82, 2.24) is 15.4 Å². The number of thioether (sulfide) groups is 1. The number of aromatic nitrogens is 2. The number of nitrogens with one attached hydrogen (secondary N) is 2. The number of H-pyrrole nitrogens is 1. The Morgan fingerprint density at radius 1 is 1.19 bits per heavy atom. The van der Waals surface area contributed by atoms with Crippen molar-refractivity contribution >= 4 is 52.4 Å². The van der Waals surface area contributed by atoms with Crippen LogP contribution in [0.1, 0.15) is 5.76 Å². The van der Waals surface area contributed by atoms with Crippen LogP contribution in [0.4, 0.5) is 5.69 Å². The smallest absolute Gasteiger partial charge is 0.269 e. The fraction of sp³-hybridized carbons (Fsp3) is 0.0500. The SMILES string of the molecule is O=C(CSc1ccc([N+](=O)[O-])cc1)N/N=C\c1ccc(Sc2nc3ccccc3[nH]2)o1. The van der Waals surface area contributed by atoms with E-state index in [2.05, 4.69) is 20.5 Å². The summed E-state index contributed by atoms with van der Waals surface area (Å²) in [6.07, 6.45) is 1.41. The van der Waals surface area contributed by atoms with Gasteiger partial charge in [-0.25, -0.2) is 10.4 Å². The van der Waals surface area contributed by atoms with Gasteiger partial charge in [0.05, 0.1) is 27.9 Å². The summed E-state index contributed by atoms with van der Waals surface area (Å²) in [6.45, 7) is 0. The molecule has 4 aromatic rings. The number of furan rings is 1. The lowest BCUT2D eigenvalue weighted by Crippen LogP contribution is -2.19. The van der Waals surface area contributed by atoms with Gasteiger partial charge in [0.1, 0.15) is 5.76 Å². The third-order valence-corrected chi connectivity index (χ3v) is 5.78. The molecule has 4 rings (SSSR count). The second-order valence-corrected chi connectivity index (χ2v) is 8.19. The van der Waals surface area contributed by atoms with Gasteiger partial charge in [0.2, 0.25) is 5.91 Å². The van der Waals surface area contributed by atoms with Crippen molar-refractivity contribution in [1.29, 1.82) is 0 Å². The van der Waals surface area contributed by atoms with Crippen molar-refractivity contribution in [2.75, 3.05) is 5.75 Å². The second kappa shape index (κ2) is 9.49. The Bertz CT molecular complexity index is 1220. The van der Waals surface area contributed by atoms with Gasteiger partial charge in [-0.05, 0) is 48.2 Å². The third kappa shape index (κ3) is 5.53. The number of hydrogen-bond acceptors (Lipinski definition) is 8. The van der Waals surface area contributed by atoms with Crippen LogP contribution in [-0.4, -0.2) is 32.8 Å². The highest BCUT2D eigenvalue weighted by Gasteiger charge is 2.08. The molecule has 2 N–H and O–H groups in total. The van der Waals surface area contributed by atoms with E-state index >= 15 is 0 Å². The molecule has 156 valence electrons. The molecule has 0 atom stereocenters. The molecule has 0 unspecified atom stereocenters. The van der Waals surface area contributed by atoms with Gasteiger partial charge in [-0.2, -0.15) is 5.10 Å². The fourth-order valence-electron chi connectivity index (χ4n) is 2.54. The summed E-state index contributed by atoms with van der Waals surface area (Å²) in [5, 5.41) is 15.9. The van der Waals surface area contributed by atoms with Gasteiger partial charge < -0.3 is 9.40 Å². The van der Waals surface area contributed by atoms with Gasteiger partial charge in [-0.1, -0.05) is 12.1 Å². The van der Waals surface area contributed by atoms with Crippen molar-refractivity contribution in [3.8, 4) is 0 Å². The number of benzene rings is 2. The van der Waals surface area contributed by atoms with Crippen LogP contribution in [0, 0.1) is 10.1 Å². The normalized spacial score (nSPS) is 11.2. The largest absolute Gasteiger partial charge is 0.448 e. The third-order valence-electron chi connectivity index (χ3n) is 3.97. The van der Waals surface area contributed by atoms with Gasteiger partial charge in [-0.15, -0.1) is 11.8 Å². The molecule has 9 nitrogen and oxygen atoms in total. The maximum atomic E-state index is 11.9. The Kier molecular flexibility index (Phi) is 6.34. The number of rotatable bonds is 8. The topological polar surface area (TPSA) is 126 Å². The number of carbonyl (C=O) groups excluding carboxylic acids is 1.